The van der Waals surface area contributed by atoms with Gasteiger partial charge in [-0.3, -0.25) is 19.9 Å². The van der Waals surface area contributed by atoms with Crippen molar-refractivity contribution in [2.75, 3.05) is 11.4 Å². The highest BCUT2D eigenvalue weighted by molar-refractivity contribution is 6.48. The Balaban J connectivity index is 0.00000204. The number of furan rings is 1. The predicted octanol–water partition coefficient (Wildman–Crippen LogP) is 3.74. The summed E-state index contributed by atoms with van der Waals surface area (Å²) in [7, 11) is 0. The zero-order valence-corrected chi connectivity index (χ0v) is 16.8. The molecule has 0 saturated carbocycles. The first-order chi connectivity index (χ1) is 14.6. The zero-order chi connectivity index (χ0) is 20.4. The lowest BCUT2D eigenvalue weighted by molar-refractivity contribution is -0.123. The predicted molar refractivity (Wildman–Crippen MR) is 117 cm³/mol. The Bertz CT molecular complexity index is 1390. The van der Waals surface area contributed by atoms with E-state index in [1.165, 1.54) is 18.4 Å². The molecule has 0 aliphatic carbocycles. The maximum absolute atomic E-state index is 14.3. The Kier molecular flexibility index (Phi) is 4.30. The second-order valence-electron chi connectivity index (χ2n) is 7.36. The number of nitrogens with one attached hydrogen (secondary N) is 1. The molecule has 8 heteroatoms. The van der Waals surface area contributed by atoms with Gasteiger partial charge in [-0.15, -0.1) is 12.4 Å². The first-order valence-electron chi connectivity index (χ1n) is 9.52. The molecule has 6 nitrogen and oxygen atoms in total. The smallest absolute Gasteiger partial charge is 0.261 e. The van der Waals surface area contributed by atoms with E-state index in [0.29, 0.717) is 16.7 Å². The first-order valence-corrected chi connectivity index (χ1v) is 9.52. The van der Waals surface area contributed by atoms with Gasteiger partial charge in [0.2, 0.25) is 0 Å². The third-order valence-electron chi connectivity index (χ3n) is 5.69. The number of benzene rings is 2. The number of aliphatic imine (C=N–C) groups is 1. The lowest BCUT2D eigenvalue weighted by Gasteiger charge is -2.17. The van der Waals surface area contributed by atoms with Crippen molar-refractivity contribution in [2.45, 2.75) is 6.42 Å². The number of nitrogens with zero attached hydrogens (tertiary/aromatic N) is 2. The SMILES string of the molecule is Cl.O=C1NC(=O)C(c2cc(F)cc3ccoc23)=C1C1=NC=CN2CCc3cccc1c32. The van der Waals surface area contributed by atoms with Crippen LogP contribution in [0.4, 0.5) is 10.1 Å². The molecule has 1 aromatic heterocycles. The fourth-order valence-corrected chi connectivity index (χ4v) is 4.45. The average molecular weight is 436 g/mol. The van der Waals surface area contributed by atoms with E-state index in [-0.39, 0.29) is 29.1 Å². The normalized spacial score (nSPS) is 16.9. The molecule has 3 aromatic rings. The Hall–Kier alpha value is -3.71. The highest BCUT2D eigenvalue weighted by Crippen LogP contribution is 2.38. The maximum atomic E-state index is 14.3. The highest BCUT2D eigenvalue weighted by atomic mass is 35.5. The minimum Gasteiger partial charge on any atom is -0.464 e. The second kappa shape index (κ2) is 6.92. The fourth-order valence-electron chi connectivity index (χ4n) is 4.45. The number of para-hydroxylation sites is 1. The molecule has 0 spiro atoms. The van der Waals surface area contributed by atoms with Crippen LogP contribution >= 0.6 is 12.4 Å². The van der Waals surface area contributed by atoms with Crippen molar-refractivity contribution in [2.24, 2.45) is 4.99 Å². The molecule has 1 N–H and O–H groups in total. The largest absolute Gasteiger partial charge is 0.464 e. The van der Waals surface area contributed by atoms with E-state index in [0.717, 1.165) is 29.8 Å². The van der Waals surface area contributed by atoms with Crippen LogP contribution < -0.4 is 10.2 Å². The van der Waals surface area contributed by atoms with Crippen molar-refractivity contribution in [3.8, 4) is 0 Å². The minimum atomic E-state index is -0.598. The number of anilines is 1. The molecule has 0 bridgehead atoms. The molecule has 3 aliphatic rings. The van der Waals surface area contributed by atoms with Crippen LogP contribution in [0.5, 0.6) is 0 Å². The van der Waals surface area contributed by atoms with Gasteiger partial charge in [0.25, 0.3) is 11.8 Å². The molecular formula is C23H15ClFN3O3. The van der Waals surface area contributed by atoms with E-state index in [1.807, 2.05) is 24.4 Å². The topological polar surface area (TPSA) is 74.9 Å². The van der Waals surface area contributed by atoms with Crippen LogP contribution in [0.3, 0.4) is 0 Å². The number of carbonyl (C=O) groups excluding carboxylic acids is 2. The molecular weight excluding hydrogens is 421 g/mol. The van der Waals surface area contributed by atoms with E-state index in [2.05, 4.69) is 15.2 Å². The van der Waals surface area contributed by atoms with Gasteiger partial charge < -0.3 is 9.32 Å². The number of fused-ring (bicyclic) bond motifs is 1. The van der Waals surface area contributed by atoms with Crippen LogP contribution in [0.2, 0.25) is 0 Å². The lowest BCUT2D eigenvalue weighted by atomic mass is 9.92. The molecule has 154 valence electrons. The Morgan fingerprint density at radius 2 is 1.90 bits per heavy atom. The van der Waals surface area contributed by atoms with Crippen molar-refractivity contribution in [1.29, 1.82) is 0 Å². The van der Waals surface area contributed by atoms with Crippen molar-refractivity contribution in [3.05, 3.63) is 83.1 Å². The van der Waals surface area contributed by atoms with Crippen LogP contribution in [0, 0.1) is 5.82 Å². The summed E-state index contributed by atoms with van der Waals surface area (Å²) in [6.07, 6.45) is 5.80. The zero-order valence-electron chi connectivity index (χ0n) is 16.0. The van der Waals surface area contributed by atoms with Gasteiger partial charge in [-0.25, -0.2) is 4.39 Å². The minimum absolute atomic E-state index is 0. The molecule has 4 heterocycles. The van der Waals surface area contributed by atoms with Gasteiger partial charge in [0.05, 0.1) is 28.8 Å². The standard InChI is InChI=1S/C23H14FN3O3.ClH/c24-14-10-13-5-9-30-21(13)16(11-14)17-18(23(29)26-22(17)28)19-15-3-1-2-12-4-7-27(20(12)15)8-6-25-19;/h1-3,5-6,8-11H,4,7H2,(H,26,28,29);1H. The number of carbonyl (C=O) groups is 2. The third-order valence-corrected chi connectivity index (χ3v) is 5.69. The van der Waals surface area contributed by atoms with Crippen molar-refractivity contribution in [3.63, 3.8) is 0 Å². The summed E-state index contributed by atoms with van der Waals surface area (Å²) in [5.74, 6) is -1.68. The summed E-state index contributed by atoms with van der Waals surface area (Å²) in [5.41, 5.74) is 4.04. The molecule has 3 aliphatic heterocycles. The molecule has 0 fully saturated rings. The lowest BCUT2D eigenvalue weighted by Crippen LogP contribution is -2.25. The summed E-state index contributed by atoms with van der Waals surface area (Å²) >= 11 is 0. The quantitative estimate of drug-likeness (QED) is 0.622. The van der Waals surface area contributed by atoms with Crippen LogP contribution in [0.15, 0.2) is 70.0 Å². The Morgan fingerprint density at radius 3 is 2.77 bits per heavy atom. The van der Waals surface area contributed by atoms with Crippen molar-refractivity contribution >= 4 is 52.2 Å². The summed E-state index contributed by atoms with van der Waals surface area (Å²) in [5, 5.41) is 2.86. The number of halogens is 2. The van der Waals surface area contributed by atoms with E-state index >= 15 is 0 Å². The average Bonchev–Trinajstić information content (AvgIpc) is 3.39. The number of rotatable bonds is 2. The van der Waals surface area contributed by atoms with Crippen LogP contribution in [0.1, 0.15) is 16.7 Å². The highest BCUT2D eigenvalue weighted by Gasteiger charge is 2.38. The molecule has 6 rings (SSSR count). The molecule has 0 unspecified atom stereocenters. The molecule has 2 amide bonds. The first kappa shape index (κ1) is 19.3. The third kappa shape index (κ3) is 2.74. The van der Waals surface area contributed by atoms with Gasteiger partial charge in [-0.05, 0) is 30.2 Å². The summed E-state index contributed by atoms with van der Waals surface area (Å²) in [6.45, 7) is 0.819. The van der Waals surface area contributed by atoms with Crippen molar-refractivity contribution < 1.29 is 18.4 Å². The second-order valence-corrected chi connectivity index (χ2v) is 7.36. The van der Waals surface area contributed by atoms with Gasteiger partial charge >= 0.3 is 0 Å². The molecule has 31 heavy (non-hydrogen) atoms. The van der Waals surface area contributed by atoms with Gasteiger partial charge in [-0.1, -0.05) is 18.2 Å². The van der Waals surface area contributed by atoms with E-state index < -0.39 is 17.6 Å². The fraction of sp³-hybridized carbons (Fsp3) is 0.0870. The number of amides is 2. The van der Waals surface area contributed by atoms with Crippen molar-refractivity contribution in [1.82, 2.24) is 5.32 Å². The van der Waals surface area contributed by atoms with Crippen LogP contribution in [-0.2, 0) is 16.0 Å². The van der Waals surface area contributed by atoms with E-state index in [9.17, 15) is 14.0 Å². The van der Waals surface area contributed by atoms with Crippen LogP contribution in [-0.4, -0.2) is 24.1 Å². The van der Waals surface area contributed by atoms with Gasteiger partial charge in [0.1, 0.15) is 11.4 Å². The summed E-state index contributed by atoms with van der Waals surface area (Å²) in [4.78, 5) is 32.3. The van der Waals surface area contributed by atoms with Crippen LogP contribution in [0.25, 0.3) is 16.5 Å². The number of imide groups is 1. The molecule has 0 atom stereocenters. The van der Waals surface area contributed by atoms with Gasteiger partial charge in [0, 0.05) is 35.5 Å². The number of hydrogen-bond acceptors (Lipinski definition) is 5. The monoisotopic (exact) mass is 435 g/mol. The maximum Gasteiger partial charge on any atom is 0.261 e. The Morgan fingerprint density at radius 1 is 1.06 bits per heavy atom. The molecule has 0 saturated heterocycles. The molecule has 2 aromatic carbocycles. The summed E-state index contributed by atoms with van der Waals surface area (Å²) in [6, 6.07) is 10.0. The van der Waals surface area contributed by atoms with Gasteiger partial charge in [-0.2, -0.15) is 0 Å². The Labute approximate surface area is 182 Å². The van der Waals surface area contributed by atoms with Gasteiger partial charge in [0.15, 0.2) is 0 Å². The van der Waals surface area contributed by atoms with E-state index in [4.69, 9.17) is 4.42 Å². The number of hydrogen-bond donors (Lipinski definition) is 1. The van der Waals surface area contributed by atoms with E-state index in [1.54, 1.807) is 12.3 Å². The summed E-state index contributed by atoms with van der Waals surface area (Å²) < 4.78 is 19.8. The molecule has 0 radical (unpaired) electrons.